The van der Waals surface area contributed by atoms with Crippen LogP contribution in [0, 0.1) is 45.4 Å². The highest BCUT2D eigenvalue weighted by molar-refractivity contribution is 6.02. The molecule has 0 radical (unpaired) electrons. The third-order valence-electron chi connectivity index (χ3n) is 5.23. The largest absolute Gasteiger partial charge is 0.450 e. The van der Waals surface area contributed by atoms with Crippen LogP contribution < -0.4 is 10.1 Å². The predicted molar refractivity (Wildman–Crippen MR) is 132 cm³/mol. The van der Waals surface area contributed by atoms with Crippen molar-refractivity contribution >= 4 is 23.4 Å². The Kier molecular flexibility index (Phi) is 7.49. The number of amides is 1. The summed E-state index contributed by atoms with van der Waals surface area (Å²) in [6.45, 7) is 7.37. The highest BCUT2D eigenvalue weighted by Crippen LogP contribution is 2.35. The summed E-state index contributed by atoms with van der Waals surface area (Å²) in [5.41, 5.74) is 2.21. The lowest BCUT2D eigenvalue weighted by Gasteiger charge is -2.11. The summed E-state index contributed by atoms with van der Waals surface area (Å²) in [6.07, 6.45) is 1.54. The average Bonchev–Trinajstić information content (AvgIpc) is 3.10. The standard InChI is InChI=1S/C25H23N5O6/c1-15(2)27-25(31)19(14-26)12-18-11-16(3)28(17(18)4)20-5-8-22(9-6-20)36-24-10-7-21(29(32)33)13-23(24)30(34)35/h5-13,15H,1-4H3,(H,27,31)/b19-12-. The van der Waals surface area contributed by atoms with E-state index in [0.29, 0.717) is 11.3 Å². The molecule has 36 heavy (non-hydrogen) atoms. The Morgan fingerprint density at radius 2 is 1.75 bits per heavy atom. The zero-order valence-corrected chi connectivity index (χ0v) is 20.0. The van der Waals surface area contributed by atoms with Gasteiger partial charge < -0.3 is 14.6 Å². The second-order valence-corrected chi connectivity index (χ2v) is 8.22. The molecule has 0 aliphatic rings. The molecule has 1 heterocycles. The summed E-state index contributed by atoms with van der Waals surface area (Å²) in [7, 11) is 0. The summed E-state index contributed by atoms with van der Waals surface area (Å²) in [6, 6.07) is 13.6. The first-order valence-corrected chi connectivity index (χ1v) is 10.8. The summed E-state index contributed by atoms with van der Waals surface area (Å²) in [4.78, 5) is 33.1. The minimum Gasteiger partial charge on any atom is -0.450 e. The summed E-state index contributed by atoms with van der Waals surface area (Å²) < 4.78 is 7.55. The maximum atomic E-state index is 12.3. The molecule has 1 amide bonds. The van der Waals surface area contributed by atoms with Crippen molar-refractivity contribution in [1.82, 2.24) is 9.88 Å². The Bertz CT molecular complexity index is 1410. The number of hydrogen-bond acceptors (Lipinski definition) is 7. The second kappa shape index (κ2) is 10.5. The number of hydrogen-bond donors (Lipinski definition) is 1. The van der Waals surface area contributed by atoms with Crippen molar-refractivity contribution in [2.75, 3.05) is 0 Å². The highest BCUT2D eigenvalue weighted by atomic mass is 16.6. The average molecular weight is 489 g/mol. The van der Waals surface area contributed by atoms with Gasteiger partial charge in [0.25, 0.3) is 11.6 Å². The molecule has 3 aromatic rings. The first-order valence-electron chi connectivity index (χ1n) is 10.8. The van der Waals surface area contributed by atoms with Gasteiger partial charge in [-0.25, -0.2) is 0 Å². The van der Waals surface area contributed by atoms with Crippen LogP contribution in [0.2, 0.25) is 0 Å². The Hall–Kier alpha value is -4.98. The summed E-state index contributed by atoms with van der Waals surface area (Å²) in [5.74, 6) is -0.266. The number of nitriles is 1. The van der Waals surface area contributed by atoms with Gasteiger partial charge in [0.15, 0.2) is 0 Å². The van der Waals surface area contributed by atoms with E-state index < -0.39 is 27.1 Å². The molecule has 0 saturated heterocycles. The van der Waals surface area contributed by atoms with Crippen LogP contribution in [0.15, 0.2) is 54.1 Å². The van der Waals surface area contributed by atoms with Crippen molar-refractivity contribution in [2.24, 2.45) is 0 Å². The molecule has 1 aromatic heterocycles. The van der Waals surface area contributed by atoms with E-state index in [4.69, 9.17) is 4.74 Å². The minimum absolute atomic E-state index is 0.00242. The number of nitro groups is 2. The number of benzene rings is 2. The fourth-order valence-electron chi connectivity index (χ4n) is 3.61. The molecule has 0 spiro atoms. The monoisotopic (exact) mass is 489 g/mol. The number of nitrogens with zero attached hydrogens (tertiary/aromatic N) is 4. The number of carbonyl (C=O) groups excluding carboxylic acids is 1. The molecular weight excluding hydrogens is 466 g/mol. The first-order chi connectivity index (χ1) is 17.0. The minimum atomic E-state index is -0.741. The predicted octanol–water partition coefficient (Wildman–Crippen LogP) is 5.13. The van der Waals surface area contributed by atoms with E-state index in [1.54, 1.807) is 30.3 Å². The molecule has 1 N–H and O–H groups in total. The fourth-order valence-corrected chi connectivity index (χ4v) is 3.61. The number of aromatic nitrogens is 1. The molecule has 184 valence electrons. The van der Waals surface area contributed by atoms with Crippen molar-refractivity contribution < 1.29 is 19.4 Å². The van der Waals surface area contributed by atoms with Gasteiger partial charge in [0.1, 0.15) is 17.4 Å². The van der Waals surface area contributed by atoms with Crippen molar-refractivity contribution in [2.45, 2.75) is 33.7 Å². The van der Waals surface area contributed by atoms with E-state index in [-0.39, 0.29) is 17.4 Å². The van der Waals surface area contributed by atoms with Crippen molar-refractivity contribution in [3.05, 3.63) is 91.3 Å². The van der Waals surface area contributed by atoms with Gasteiger partial charge in [0, 0.05) is 29.2 Å². The van der Waals surface area contributed by atoms with Crippen LogP contribution in [0.3, 0.4) is 0 Å². The molecule has 0 unspecified atom stereocenters. The topological polar surface area (TPSA) is 153 Å². The van der Waals surface area contributed by atoms with E-state index in [1.807, 2.05) is 44.4 Å². The zero-order valence-electron chi connectivity index (χ0n) is 20.0. The maximum absolute atomic E-state index is 12.3. The van der Waals surface area contributed by atoms with Crippen LogP contribution in [0.1, 0.15) is 30.8 Å². The van der Waals surface area contributed by atoms with Gasteiger partial charge in [0.05, 0.1) is 15.9 Å². The van der Waals surface area contributed by atoms with Gasteiger partial charge in [-0.1, -0.05) is 0 Å². The van der Waals surface area contributed by atoms with E-state index in [2.05, 4.69) is 5.32 Å². The van der Waals surface area contributed by atoms with Crippen LogP contribution >= 0.6 is 0 Å². The van der Waals surface area contributed by atoms with E-state index in [9.17, 15) is 30.3 Å². The fraction of sp³-hybridized carbons (Fsp3) is 0.200. The van der Waals surface area contributed by atoms with Crippen LogP contribution in [-0.4, -0.2) is 26.4 Å². The third kappa shape index (κ3) is 5.56. The van der Waals surface area contributed by atoms with Crippen LogP contribution in [0.25, 0.3) is 11.8 Å². The van der Waals surface area contributed by atoms with Crippen LogP contribution in [-0.2, 0) is 4.79 Å². The van der Waals surface area contributed by atoms with Crippen LogP contribution in [0.4, 0.5) is 11.4 Å². The molecule has 11 heteroatoms. The highest BCUT2D eigenvalue weighted by Gasteiger charge is 2.21. The Morgan fingerprint density at radius 3 is 2.31 bits per heavy atom. The number of non-ortho nitro benzene ring substituents is 1. The lowest BCUT2D eigenvalue weighted by molar-refractivity contribution is -0.394. The Labute approximate surface area is 206 Å². The van der Waals surface area contributed by atoms with Gasteiger partial charge >= 0.3 is 5.69 Å². The van der Waals surface area contributed by atoms with Gasteiger partial charge in [-0.05, 0) is 75.7 Å². The molecule has 2 aromatic carbocycles. The normalized spacial score (nSPS) is 11.2. The van der Waals surface area contributed by atoms with Crippen molar-refractivity contribution in [1.29, 1.82) is 5.26 Å². The van der Waals surface area contributed by atoms with Gasteiger partial charge in [0.2, 0.25) is 5.75 Å². The molecule has 0 bridgehead atoms. The molecule has 0 fully saturated rings. The number of nitrogens with one attached hydrogen (secondary N) is 1. The summed E-state index contributed by atoms with van der Waals surface area (Å²) in [5, 5.41) is 34.4. The zero-order chi connectivity index (χ0) is 26.6. The number of ether oxygens (including phenoxy) is 1. The number of nitro benzene ring substituents is 2. The lowest BCUT2D eigenvalue weighted by atomic mass is 10.1. The second-order valence-electron chi connectivity index (χ2n) is 8.22. The van der Waals surface area contributed by atoms with Gasteiger partial charge in [-0.3, -0.25) is 25.0 Å². The lowest BCUT2D eigenvalue weighted by Crippen LogP contribution is -2.30. The quantitative estimate of drug-likeness (QED) is 0.199. The molecular formula is C25H23N5O6. The van der Waals surface area contributed by atoms with Crippen molar-refractivity contribution in [3.63, 3.8) is 0 Å². The summed E-state index contributed by atoms with van der Waals surface area (Å²) >= 11 is 0. The van der Waals surface area contributed by atoms with Crippen LogP contribution in [0.5, 0.6) is 11.5 Å². The Balaban J connectivity index is 1.90. The van der Waals surface area contributed by atoms with Crippen molar-refractivity contribution in [3.8, 4) is 23.3 Å². The first kappa shape index (κ1) is 25.6. The molecule has 0 aliphatic carbocycles. The molecule has 0 atom stereocenters. The number of rotatable bonds is 8. The van der Waals surface area contributed by atoms with E-state index in [0.717, 1.165) is 29.2 Å². The number of aryl methyl sites for hydroxylation is 1. The molecule has 0 saturated carbocycles. The molecule has 0 aliphatic heterocycles. The smallest absolute Gasteiger partial charge is 0.318 e. The van der Waals surface area contributed by atoms with Gasteiger partial charge in [-0.2, -0.15) is 5.26 Å². The van der Waals surface area contributed by atoms with Gasteiger partial charge in [-0.15, -0.1) is 0 Å². The maximum Gasteiger partial charge on any atom is 0.318 e. The Morgan fingerprint density at radius 1 is 1.08 bits per heavy atom. The third-order valence-corrected chi connectivity index (χ3v) is 5.23. The number of carbonyl (C=O) groups is 1. The SMILES string of the molecule is Cc1cc(/C=C(/C#N)C(=O)NC(C)C)c(C)n1-c1ccc(Oc2ccc([N+](=O)[O-])cc2[N+](=O)[O-])cc1. The molecule has 11 nitrogen and oxygen atoms in total. The van der Waals surface area contributed by atoms with E-state index in [1.165, 1.54) is 6.07 Å². The molecule has 3 rings (SSSR count). The van der Waals surface area contributed by atoms with E-state index >= 15 is 0 Å².